The van der Waals surface area contributed by atoms with Crippen LogP contribution in [0.2, 0.25) is 5.02 Å². The van der Waals surface area contributed by atoms with Crippen molar-refractivity contribution in [2.24, 2.45) is 0 Å². The number of hydrogen-bond donors (Lipinski definition) is 0. The zero-order valence-electron chi connectivity index (χ0n) is 13.8. The number of halogens is 1. The smallest absolute Gasteiger partial charge is 0.175 e. The highest BCUT2D eigenvalue weighted by molar-refractivity contribution is 7.90. The van der Waals surface area contributed by atoms with Crippen LogP contribution in [0.25, 0.3) is 28.6 Å². The van der Waals surface area contributed by atoms with Crippen molar-refractivity contribution in [3.8, 4) is 22.4 Å². The largest absolute Gasteiger partial charge is 0.247 e. The van der Waals surface area contributed by atoms with Gasteiger partial charge in [-0.3, -0.25) is 0 Å². The minimum absolute atomic E-state index is 0.289. The molecule has 0 fully saturated rings. The molecule has 2 aromatic carbocycles. The van der Waals surface area contributed by atoms with E-state index < -0.39 is 9.84 Å². The minimum atomic E-state index is -3.22. The van der Waals surface area contributed by atoms with Gasteiger partial charge in [0.2, 0.25) is 0 Å². The van der Waals surface area contributed by atoms with Gasteiger partial charge in [0.25, 0.3) is 0 Å². The Morgan fingerprint density at radius 1 is 1.00 bits per heavy atom. The van der Waals surface area contributed by atoms with Gasteiger partial charge < -0.3 is 0 Å². The predicted octanol–water partition coefficient (Wildman–Crippen LogP) is 4.76. The number of nitrogens with zero attached hydrogens (tertiary/aromatic N) is 2. The molecule has 0 aliphatic rings. The molecule has 3 rings (SSSR count). The Hall–Kier alpha value is -2.37. The summed E-state index contributed by atoms with van der Waals surface area (Å²) in [7, 11) is -3.22. The van der Waals surface area contributed by atoms with E-state index in [0.717, 1.165) is 22.4 Å². The lowest BCUT2D eigenvalue weighted by molar-refractivity contribution is 0.602. The van der Waals surface area contributed by atoms with Crippen LogP contribution in [0.5, 0.6) is 0 Å². The highest BCUT2D eigenvalue weighted by Crippen LogP contribution is 2.32. The van der Waals surface area contributed by atoms with Gasteiger partial charge in [0, 0.05) is 34.8 Å². The Morgan fingerprint density at radius 2 is 1.60 bits per heavy atom. The van der Waals surface area contributed by atoms with Gasteiger partial charge in [0.05, 0.1) is 4.90 Å². The first-order chi connectivity index (χ1) is 11.9. The molecule has 0 bridgehead atoms. The maximum Gasteiger partial charge on any atom is 0.175 e. The fraction of sp³-hybridized carbons (Fsp3) is 0.105. The zero-order chi connectivity index (χ0) is 18.0. The standard InChI is InChI=1S/C19H17ClN2O2S/c1-3-12-22-13-18(14-4-8-16(20)9-5-14)19(21-22)15-6-10-17(11-7-15)25(2,23)24/h3-13H,1-2H3. The summed E-state index contributed by atoms with van der Waals surface area (Å²) >= 11 is 5.98. The fourth-order valence-corrected chi connectivity index (χ4v) is 3.29. The van der Waals surface area contributed by atoms with E-state index in [0.29, 0.717) is 5.02 Å². The van der Waals surface area contributed by atoms with Crippen molar-refractivity contribution >= 4 is 27.6 Å². The molecule has 0 saturated heterocycles. The van der Waals surface area contributed by atoms with Crippen LogP contribution in [-0.4, -0.2) is 24.5 Å². The molecule has 4 nitrogen and oxygen atoms in total. The summed E-state index contributed by atoms with van der Waals surface area (Å²) in [6, 6.07) is 14.3. The third-order valence-electron chi connectivity index (χ3n) is 3.74. The lowest BCUT2D eigenvalue weighted by Crippen LogP contribution is -1.96. The third-order valence-corrected chi connectivity index (χ3v) is 5.13. The monoisotopic (exact) mass is 372 g/mol. The van der Waals surface area contributed by atoms with E-state index in [1.165, 1.54) is 6.26 Å². The summed E-state index contributed by atoms with van der Waals surface area (Å²) in [4.78, 5) is 0.289. The van der Waals surface area contributed by atoms with Crippen LogP contribution >= 0.6 is 11.6 Å². The van der Waals surface area contributed by atoms with Crippen molar-refractivity contribution in [3.05, 3.63) is 65.8 Å². The number of sulfone groups is 1. The quantitative estimate of drug-likeness (QED) is 0.663. The van der Waals surface area contributed by atoms with Crippen molar-refractivity contribution in [2.75, 3.05) is 6.26 Å². The predicted molar refractivity (Wildman–Crippen MR) is 102 cm³/mol. The minimum Gasteiger partial charge on any atom is -0.247 e. The van der Waals surface area contributed by atoms with Crippen molar-refractivity contribution in [3.63, 3.8) is 0 Å². The lowest BCUT2D eigenvalue weighted by atomic mass is 10.0. The van der Waals surface area contributed by atoms with E-state index in [1.54, 1.807) is 28.9 Å². The molecule has 3 aromatic rings. The van der Waals surface area contributed by atoms with Crippen molar-refractivity contribution in [1.29, 1.82) is 0 Å². The van der Waals surface area contributed by atoms with Crippen LogP contribution in [0.4, 0.5) is 0 Å². The molecule has 0 amide bonds. The van der Waals surface area contributed by atoms with Crippen LogP contribution in [-0.2, 0) is 9.84 Å². The summed E-state index contributed by atoms with van der Waals surface area (Å²) in [5, 5.41) is 5.28. The molecule has 0 spiro atoms. The van der Waals surface area contributed by atoms with Crippen LogP contribution in [0.1, 0.15) is 6.92 Å². The summed E-state index contributed by atoms with van der Waals surface area (Å²) in [6.45, 7) is 1.92. The normalized spacial score (nSPS) is 12.0. The fourth-order valence-electron chi connectivity index (χ4n) is 2.53. The average Bonchev–Trinajstić information content (AvgIpc) is 2.99. The first kappa shape index (κ1) is 17.5. The van der Waals surface area contributed by atoms with Gasteiger partial charge in [-0.2, -0.15) is 5.10 Å². The number of hydrogen-bond acceptors (Lipinski definition) is 3. The Balaban J connectivity index is 2.13. The van der Waals surface area contributed by atoms with Gasteiger partial charge >= 0.3 is 0 Å². The molecule has 1 aromatic heterocycles. The molecular weight excluding hydrogens is 356 g/mol. The molecule has 0 N–H and O–H groups in total. The average molecular weight is 373 g/mol. The number of aromatic nitrogens is 2. The SMILES string of the molecule is CC=Cn1cc(-c2ccc(Cl)cc2)c(-c2ccc(S(C)(=O)=O)cc2)n1. The van der Waals surface area contributed by atoms with E-state index in [-0.39, 0.29) is 4.90 Å². The molecule has 0 atom stereocenters. The molecule has 0 aliphatic carbocycles. The Labute approximate surface area is 152 Å². The van der Waals surface area contributed by atoms with Gasteiger partial charge in [-0.15, -0.1) is 0 Å². The van der Waals surface area contributed by atoms with Crippen LogP contribution < -0.4 is 0 Å². The van der Waals surface area contributed by atoms with E-state index in [9.17, 15) is 8.42 Å². The number of allylic oxidation sites excluding steroid dienone is 1. The molecule has 25 heavy (non-hydrogen) atoms. The topological polar surface area (TPSA) is 52.0 Å². The Bertz CT molecular complexity index is 1020. The molecule has 0 radical (unpaired) electrons. The summed E-state index contributed by atoms with van der Waals surface area (Å²) in [6.07, 6.45) is 6.88. The van der Waals surface area contributed by atoms with E-state index in [2.05, 4.69) is 5.10 Å². The Kier molecular flexibility index (Phi) is 4.79. The van der Waals surface area contributed by atoms with Crippen molar-refractivity contribution in [1.82, 2.24) is 9.78 Å². The van der Waals surface area contributed by atoms with E-state index in [4.69, 9.17) is 11.6 Å². The second-order valence-corrected chi connectivity index (χ2v) is 8.11. The van der Waals surface area contributed by atoms with E-state index >= 15 is 0 Å². The molecule has 0 aliphatic heterocycles. The van der Waals surface area contributed by atoms with Crippen LogP contribution in [0.3, 0.4) is 0 Å². The molecule has 6 heteroatoms. The number of benzene rings is 2. The lowest BCUT2D eigenvalue weighted by Gasteiger charge is -2.04. The first-order valence-corrected chi connectivity index (χ1v) is 9.94. The maximum absolute atomic E-state index is 11.6. The number of rotatable bonds is 4. The van der Waals surface area contributed by atoms with Gasteiger partial charge in [-0.05, 0) is 36.8 Å². The third kappa shape index (κ3) is 3.83. The summed E-state index contributed by atoms with van der Waals surface area (Å²) in [5.41, 5.74) is 3.56. The van der Waals surface area contributed by atoms with Gasteiger partial charge in [0.1, 0.15) is 5.69 Å². The summed E-state index contributed by atoms with van der Waals surface area (Å²) in [5.74, 6) is 0. The first-order valence-electron chi connectivity index (χ1n) is 7.67. The van der Waals surface area contributed by atoms with Crippen LogP contribution in [0.15, 0.2) is 65.7 Å². The molecule has 1 heterocycles. The summed E-state index contributed by atoms with van der Waals surface area (Å²) < 4.78 is 25.0. The van der Waals surface area contributed by atoms with Crippen molar-refractivity contribution < 1.29 is 8.42 Å². The molecule has 0 saturated carbocycles. The second-order valence-electron chi connectivity index (χ2n) is 5.66. The van der Waals surface area contributed by atoms with Gasteiger partial charge in [-0.25, -0.2) is 13.1 Å². The van der Waals surface area contributed by atoms with Crippen LogP contribution in [0, 0.1) is 0 Å². The van der Waals surface area contributed by atoms with E-state index in [1.807, 2.05) is 49.7 Å². The second kappa shape index (κ2) is 6.86. The van der Waals surface area contributed by atoms with Gasteiger partial charge in [0.15, 0.2) is 9.84 Å². The maximum atomic E-state index is 11.6. The van der Waals surface area contributed by atoms with Gasteiger partial charge in [-0.1, -0.05) is 41.9 Å². The molecule has 0 unspecified atom stereocenters. The Morgan fingerprint density at radius 3 is 2.16 bits per heavy atom. The highest BCUT2D eigenvalue weighted by Gasteiger charge is 2.14. The molecular formula is C19H17ClN2O2S. The van der Waals surface area contributed by atoms with Crippen molar-refractivity contribution in [2.45, 2.75) is 11.8 Å². The highest BCUT2D eigenvalue weighted by atomic mass is 35.5. The molecule has 128 valence electrons. The zero-order valence-corrected chi connectivity index (χ0v) is 15.4.